The van der Waals surface area contributed by atoms with E-state index in [-0.39, 0.29) is 0 Å². The van der Waals surface area contributed by atoms with E-state index in [4.69, 9.17) is 17.3 Å². The molecule has 0 radical (unpaired) electrons. The lowest BCUT2D eigenvalue weighted by Gasteiger charge is -2.13. The molecule has 1 aromatic rings. The first-order chi connectivity index (χ1) is 6.16. The molecule has 0 saturated carbocycles. The van der Waals surface area contributed by atoms with Gasteiger partial charge in [0, 0.05) is 4.47 Å². The van der Waals surface area contributed by atoms with Crippen LogP contribution in [0.1, 0.15) is 24.8 Å². The van der Waals surface area contributed by atoms with Gasteiger partial charge in [-0.05, 0) is 46.4 Å². The SMILES string of the molecule is CC(CCN)c1cccc(Cl)c1Br. The van der Waals surface area contributed by atoms with E-state index in [0.29, 0.717) is 12.5 Å². The normalized spacial score (nSPS) is 12.9. The second kappa shape index (κ2) is 4.99. The molecule has 0 saturated heterocycles. The Morgan fingerprint density at radius 3 is 2.85 bits per heavy atom. The number of hydrogen-bond acceptors (Lipinski definition) is 1. The van der Waals surface area contributed by atoms with E-state index in [1.807, 2.05) is 12.1 Å². The second-order valence-corrected chi connectivity index (χ2v) is 4.32. The Kier molecular flexibility index (Phi) is 4.23. The quantitative estimate of drug-likeness (QED) is 0.886. The fourth-order valence-electron chi connectivity index (χ4n) is 1.31. The first-order valence-corrected chi connectivity index (χ1v) is 5.48. The molecule has 0 heterocycles. The van der Waals surface area contributed by atoms with E-state index >= 15 is 0 Å². The summed E-state index contributed by atoms with van der Waals surface area (Å²) in [6.45, 7) is 2.86. The smallest absolute Gasteiger partial charge is 0.0550 e. The van der Waals surface area contributed by atoms with E-state index in [1.54, 1.807) is 0 Å². The van der Waals surface area contributed by atoms with Gasteiger partial charge in [0.25, 0.3) is 0 Å². The fourth-order valence-corrected chi connectivity index (χ4v) is 2.14. The summed E-state index contributed by atoms with van der Waals surface area (Å²) in [5, 5.41) is 0.765. The molecule has 1 rings (SSSR count). The Morgan fingerprint density at radius 1 is 1.54 bits per heavy atom. The van der Waals surface area contributed by atoms with E-state index in [9.17, 15) is 0 Å². The van der Waals surface area contributed by atoms with Crippen molar-refractivity contribution in [3.8, 4) is 0 Å². The Morgan fingerprint density at radius 2 is 2.23 bits per heavy atom. The molecule has 13 heavy (non-hydrogen) atoms. The summed E-state index contributed by atoms with van der Waals surface area (Å²) >= 11 is 9.46. The van der Waals surface area contributed by atoms with Gasteiger partial charge in [-0.1, -0.05) is 30.7 Å². The molecule has 0 fully saturated rings. The number of nitrogens with two attached hydrogens (primary N) is 1. The maximum atomic E-state index is 5.98. The standard InChI is InChI=1S/C10H13BrClN/c1-7(5-6-13)8-3-2-4-9(12)10(8)11/h2-4,7H,5-6,13H2,1H3. The van der Waals surface area contributed by atoms with Gasteiger partial charge in [0.05, 0.1) is 5.02 Å². The van der Waals surface area contributed by atoms with Gasteiger partial charge in [0.15, 0.2) is 0 Å². The van der Waals surface area contributed by atoms with Crippen LogP contribution in [-0.4, -0.2) is 6.54 Å². The van der Waals surface area contributed by atoms with Crippen molar-refractivity contribution in [3.05, 3.63) is 33.3 Å². The van der Waals surface area contributed by atoms with E-state index in [0.717, 1.165) is 15.9 Å². The van der Waals surface area contributed by atoms with Crippen LogP contribution in [0.5, 0.6) is 0 Å². The van der Waals surface area contributed by atoms with Gasteiger partial charge in [-0.15, -0.1) is 0 Å². The van der Waals surface area contributed by atoms with Crippen LogP contribution in [0.25, 0.3) is 0 Å². The third-order valence-electron chi connectivity index (χ3n) is 2.11. The fraction of sp³-hybridized carbons (Fsp3) is 0.400. The van der Waals surface area contributed by atoms with Crippen LogP contribution in [-0.2, 0) is 0 Å². The lowest BCUT2D eigenvalue weighted by Crippen LogP contribution is -2.05. The average molecular weight is 263 g/mol. The van der Waals surface area contributed by atoms with E-state index in [2.05, 4.69) is 28.9 Å². The summed E-state index contributed by atoms with van der Waals surface area (Å²) in [4.78, 5) is 0. The summed E-state index contributed by atoms with van der Waals surface area (Å²) < 4.78 is 0.998. The van der Waals surface area contributed by atoms with Crippen molar-refractivity contribution in [1.29, 1.82) is 0 Å². The second-order valence-electron chi connectivity index (χ2n) is 3.12. The van der Waals surface area contributed by atoms with Crippen LogP contribution < -0.4 is 5.73 Å². The summed E-state index contributed by atoms with van der Waals surface area (Å²) in [7, 11) is 0. The van der Waals surface area contributed by atoms with Crippen LogP contribution in [0.3, 0.4) is 0 Å². The molecular weight excluding hydrogens is 249 g/mol. The van der Waals surface area contributed by atoms with Crippen molar-refractivity contribution in [2.24, 2.45) is 5.73 Å². The maximum Gasteiger partial charge on any atom is 0.0550 e. The summed E-state index contributed by atoms with van der Waals surface area (Å²) in [5.74, 6) is 0.457. The van der Waals surface area contributed by atoms with Crippen LogP contribution in [0.15, 0.2) is 22.7 Å². The average Bonchev–Trinajstić information content (AvgIpc) is 2.10. The topological polar surface area (TPSA) is 26.0 Å². The zero-order chi connectivity index (χ0) is 9.84. The molecule has 0 bridgehead atoms. The third kappa shape index (κ3) is 2.70. The maximum absolute atomic E-state index is 5.98. The lowest BCUT2D eigenvalue weighted by atomic mass is 9.98. The highest BCUT2D eigenvalue weighted by Crippen LogP contribution is 2.32. The van der Waals surface area contributed by atoms with Gasteiger partial charge in [-0.2, -0.15) is 0 Å². The number of rotatable bonds is 3. The molecule has 0 aliphatic rings. The van der Waals surface area contributed by atoms with Gasteiger partial charge in [0.2, 0.25) is 0 Å². The molecule has 0 aliphatic carbocycles. The molecule has 1 aromatic carbocycles. The highest BCUT2D eigenvalue weighted by molar-refractivity contribution is 9.10. The minimum Gasteiger partial charge on any atom is -0.330 e. The Balaban J connectivity index is 2.93. The number of benzene rings is 1. The van der Waals surface area contributed by atoms with Crippen LogP contribution in [0.4, 0.5) is 0 Å². The Bertz CT molecular complexity index is 288. The van der Waals surface area contributed by atoms with Gasteiger partial charge >= 0.3 is 0 Å². The monoisotopic (exact) mass is 261 g/mol. The molecule has 1 atom stereocenters. The van der Waals surface area contributed by atoms with Crippen molar-refractivity contribution >= 4 is 27.5 Å². The Labute approximate surface area is 92.4 Å². The minimum absolute atomic E-state index is 0.457. The number of halogens is 2. The molecule has 0 spiro atoms. The predicted octanol–water partition coefficient (Wildman–Crippen LogP) is 3.55. The zero-order valence-corrected chi connectivity index (χ0v) is 9.90. The first-order valence-electron chi connectivity index (χ1n) is 4.30. The van der Waals surface area contributed by atoms with Crippen LogP contribution in [0, 0.1) is 0 Å². The van der Waals surface area contributed by atoms with E-state index in [1.165, 1.54) is 5.56 Å². The molecule has 0 aromatic heterocycles. The molecule has 1 unspecified atom stereocenters. The van der Waals surface area contributed by atoms with Crippen LogP contribution in [0.2, 0.25) is 5.02 Å². The van der Waals surface area contributed by atoms with Crippen molar-refractivity contribution in [3.63, 3.8) is 0 Å². The molecule has 2 N–H and O–H groups in total. The van der Waals surface area contributed by atoms with E-state index < -0.39 is 0 Å². The molecule has 3 heteroatoms. The molecular formula is C10H13BrClN. The third-order valence-corrected chi connectivity index (χ3v) is 3.54. The molecule has 0 amide bonds. The summed E-state index contributed by atoms with van der Waals surface area (Å²) in [5.41, 5.74) is 6.74. The Hall–Kier alpha value is -0.0500. The predicted molar refractivity (Wildman–Crippen MR) is 61.2 cm³/mol. The van der Waals surface area contributed by atoms with Crippen molar-refractivity contribution < 1.29 is 0 Å². The highest BCUT2D eigenvalue weighted by Gasteiger charge is 2.10. The van der Waals surface area contributed by atoms with Gasteiger partial charge in [0.1, 0.15) is 0 Å². The largest absolute Gasteiger partial charge is 0.330 e. The zero-order valence-electron chi connectivity index (χ0n) is 7.56. The molecule has 1 nitrogen and oxygen atoms in total. The lowest BCUT2D eigenvalue weighted by molar-refractivity contribution is 0.687. The van der Waals surface area contributed by atoms with Crippen molar-refractivity contribution in [2.75, 3.05) is 6.54 Å². The highest BCUT2D eigenvalue weighted by atomic mass is 79.9. The van der Waals surface area contributed by atoms with Gasteiger partial charge in [-0.3, -0.25) is 0 Å². The van der Waals surface area contributed by atoms with Crippen molar-refractivity contribution in [1.82, 2.24) is 0 Å². The molecule has 0 aliphatic heterocycles. The first kappa shape index (κ1) is 11.0. The van der Waals surface area contributed by atoms with Crippen LogP contribution >= 0.6 is 27.5 Å². The summed E-state index contributed by atoms with van der Waals surface area (Å²) in [6, 6.07) is 5.93. The minimum atomic E-state index is 0.457. The van der Waals surface area contributed by atoms with Gasteiger partial charge in [-0.25, -0.2) is 0 Å². The van der Waals surface area contributed by atoms with Gasteiger partial charge < -0.3 is 5.73 Å². The number of hydrogen-bond donors (Lipinski definition) is 1. The van der Waals surface area contributed by atoms with Crippen molar-refractivity contribution in [2.45, 2.75) is 19.3 Å². The summed E-state index contributed by atoms with van der Waals surface area (Å²) in [6.07, 6.45) is 0.985. The molecule has 72 valence electrons.